The molecule has 0 atom stereocenters. The number of aromatic carboxylic acids is 1. The largest absolute Gasteiger partial charge is 0.490 e. The van der Waals surface area contributed by atoms with Gasteiger partial charge in [0.05, 0.1) is 12.7 Å². The van der Waals surface area contributed by atoms with E-state index in [2.05, 4.69) is 0 Å². The van der Waals surface area contributed by atoms with Gasteiger partial charge in [-0.15, -0.1) is 0 Å². The zero-order chi connectivity index (χ0) is 13.5. The van der Waals surface area contributed by atoms with E-state index < -0.39 is 5.97 Å². The minimum Gasteiger partial charge on any atom is -0.490 e. The summed E-state index contributed by atoms with van der Waals surface area (Å²) in [5, 5.41) is 9.01. The van der Waals surface area contributed by atoms with Gasteiger partial charge in [0.15, 0.2) is 0 Å². The maximum Gasteiger partial charge on any atom is 0.339 e. The molecule has 0 heterocycles. The summed E-state index contributed by atoms with van der Waals surface area (Å²) >= 11 is 0. The monoisotopic (exact) mass is 264 g/mol. The van der Waals surface area contributed by atoms with Crippen molar-refractivity contribution in [1.29, 1.82) is 0 Å². The molecule has 0 bridgehead atoms. The SMILES string of the molecule is O=C(O)c1ccccc1OCCOC1CCCCC1. The number of carboxylic acid groups (broad SMARTS) is 1. The molecule has 104 valence electrons. The summed E-state index contributed by atoms with van der Waals surface area (Å²) in [5.41, 5.74) is 0.195. The number of carbonyl (C=O) groups is 1. The summed E-state index contributed by atoms with van der Waals surface area (Å²) in [6.07, 6.45) is 6.41. The lowest BCUT2D eigenvalue weighted by atomic mass is 9.98. The molecule has 1 aliphatic carbocycles. The second-order valence-corrected chi connectivity index (χ2v) is 4.78. The van der Waals surface area contributed by atoms with Crippen LogP contribution in [-0.2, 0) is 4.74 Å². The molecule has 0 unspecified atom stereocenters. The van der Waals surface area contributed by atoms with Crippen LogP contribution in [0.25, 0.3) is 0 Å². The summed E-state index contributed by atoms with van der Waals surface area (Å²) in [7, 11) is 0. The maximum atomic E-state index is 11.0. The summed E-state index contributed by atoms with van der Waals surface area (Å²) < 4.78 is 11.2. The average molecular weight is 264 g/mol. The number of para-hydroxylation sites is 1. The van der Waals surface area contributed by atoms with Crippen molar-refractivity contribution in [3.05, 3.63) is 29.8 Å². The highest BCUT2D eigenvalue weighted by Crippen LogP contribution is 2.21. The molecular weight excluding hydrogens is 244 g/mol. The van der Waals surface area contributed by atoms with Crippen LogP contribution in [0.1, 0.15) is 42.5 Å². The fraction of sp³-hybridized carbons (Fsp3) is 0.533. The Bertz CT molecular complexity index is 410. The number of ether oxygens (including phenoxy) is 2. The average Bonchev–Trinajstić information content (AvgIpc) is 2.45. The lowest BCUT2D eigenvalue weighted by Crippen LogP contribution is -2.20. The topological polar surface area (TPSA) is 55.8 Å². The van der Waals surface area contributed by atoms with Crippen LogP contribution >= 0.6 is 0 Å². The third kappa shape index (κ3) is 4.24. The summed E-state index contributed by atoms with van der Waals surface area (Å²) in [6, 6.07) is 6.67. The second-order valence-electron chi connectivity index (χ2n) is 4.78. The molecule has 1 aliphatic rings. The van der Waals surface area contributed by atoms with E-state index >= 15 is 0 Å². The molecule has 1 fully saturated rings. The van der Waals surface area contributed by atoms with Crippen LogP contribution < -0.4 is 4.74 Å². The minimum absolute atomic E-state index is 0.195. The van der Waals surface area contributed by atoms with Crippen LogP contribution in [0.15, 0.2) is 24.3 Å². The number of benzene rings is 1. The van der Waals surface area contributed by atoms with E-state index in [1.165, 1.54) is 19.3 Å². The van der Waals surface area contributed by atoms with Gasteiger partial charge in [0.1, 0.15) is 17.9 Å². The van der Waals surface area contributed by atoms with Crippen LogP contribution in [0, 0.1) is 0 Å². The highest BCUT2D eigenvalue weighted by Gasteiger charge is 2.14. The van der Waals surface area contributed by atoms with E-state index in [9.17, 15) is 4.79 Å². The van der Waals surface area contributed by atoms with Crippen molar-refractivity contribution in [2.75, 3.05) is 13.2 Å². The predicted octanol–water partition coefficient (Wildman–Crippen LogP) is 3.11. The molecule has 1 N–H and O–H groups in total. The number of hydrogen-bond acceptors (Lipinski definition) is 3. The van der Waals surface area contributed by atoms with Crippen LogP contribution in [0.3, 0.4) is 0 Å². The molecule has 0 aliphatic heterocycles. The van der Waals surface area contributed by atoms with Gasteiger partial charge in [-0.05, 0) is 25.0 Å². The lowest BCUT2D eigenvalue weighted by molar-refractivity contribution is 0.0127. The Kier molecular flexibility index (Phi) is 5.21. The first-order valence-corrected chi connectivity index (χ1v) is 6.84. The van der Waals surface area contributed by atoms with Gasteiger partial charge in [0.25, 0.3) is 0 Å². The molecule has 0 saturated heterocycles. The summed E-state index contributed by atoms with van der Waals surface area (Å²) in [4.78, 5) is 11.0. The molecule has 0 aromatic heterocycles. The van der Waals surface area contributed by atoms with E-state index in [-0.39, 0.29) is 5.56 Å². The Morgan fingerprint density at radius 3 is 2.63 bits per heavy atom. The van der Waals surface area contributed by atoms with Gasteiger partial charge in [0, 0.05) is 0 Å². The van der Waals surface area contributed by atoms with Crippen molar-refractivity contribution in [3.8, 4) is 5.75 Å². The molecular formula is C15H20O4. The molecule has 1 aromatic carbocycles. The Morgan fingerprint density at radius 1 is 1.16 bits per heavy atom. The standard InChI is InChI=1S/C15H20O4/c16-15(17)13-8-4-5-9-14(13)19-11-10-18-12-6-2-1-3-7-12/h4-5,8-9,12H,1-3,6-7,10-11H2,(H,16,17). The second kappa shape index (κ2) is 7.14. The van der Waals surface area contributed by atoms with Gasteiger partial charge in [-0.1, -0.05) is 31.4 Å². The molecule has 0 amide bonds. The van der Waals surface area contributed by atoms with Crippen LogP contribution in [-0.4, -0.2) is 30.4 Å². The Hall–Kier alpha value is -1.55. The number of carboxylic acids is 1. The zero-order valence-corrected chi connectivity index (χ0v) is 11.0. The quantitative estimate of drug-likeness (QED) is 0.802. The zero-order valence-electron chi connectivity index (χ0n) is 11.0. The fourth-order valence-electron chi connectivity index (χ4n) is 2.37. The van der Waals surface area contributed by atoms with Crippen LogP contribution in [0.2, 0.25) is 0 Å². The highest BCUT2D eigenvalue weighted by molar-refractivity contribution is 5.90. The van der Waals surface area contributed by atoms with E-state index in [0.29, 0.717) is 25.1 Å². The van der Waals surface area contributed by atoms with Gasteiger partial charge in [-0.3, -0.25) is 0 Å². The molecule has 0 spiro atoms. The molecule has 19 heavy (non-hydrogen) atoms. The van der Waals surface area contributed by atoms with E-state index in [4.69, 9.17) is 14.6 Å². The molecule has 1 aromatic rings. The van der Waals surface area contributed by atoms with Gasteiger partial charge in [-0.25, -0.2) is 4.79 Å². The maximum absolute atomic E-state index is 11.0. The predicted molar refractivity (Wildman–Crippen MR) is 71.7 cm³/mol. The third-order valence-corrected chi connectivity index (χ3v) is 3.36. The third-order valence-electron chi connectivity index (χ3n) is 3.36. The molecule has 1 saturated carbocycles. The number of hydrogen-bond donors (Lipinski definition) is 1. The Morgan fingerprint density at radius 2 is 1.89 bits per heavy atom. The Labute approximate surface area is 113 Å². The Balaban J connectivity index is 1.74. The smallest absolute Gasteiger partial charge is 0.339 e. The van der Waals surface area contributed by atoms with Crippen molar-refractivity contribution in [1.82, 2.24) is 0 Å². The lowest BCUT2D eigenvalue weighted by Gasteiger charge is -2.22. The number of rotatable bonds is 6. The first kappa shape index (κ1) is 13.9. The van der Waals surface area contributed by atoms with Crippen molar-refractivity contribution in [2.24, 2.45) is 0 Å². The molecule has 2 rings (SSSR count). The van der Waals surface area contributed by atoms with E-state index in [0.717, 1.165) is 12.8 Å². The van der Waals surface area contributed by atoms with Gasteiger partial charge >= 0.3 is 5.97 Å². The molecule has 4 nitrogen and oxygen atoms in total. The summed E-state index contributed by atoms with van der Waals surface area (Å²) in [5.74, 6) is -0.564. The van der Waals surface area contributed by atoms with Crippen molar-refractivity contribution >= 4 is 5.97 Å². The first-order chi connectivity index (χ1) is 9.27. The van der Waals surface area contributed by atoms with Crippen molar-refractivity contribution < 1.29 is 19.4 Å². The molecule has 4 heteroatoms. The van der Waals surface area contributed by atoms with Crippen LogP contribution in [0.5, 0.6) is 5.75 Å². The summed E-state index contributed by atoms with van der Waals surface area (Å²) in [6.45, 7) is 0.902. The van der Waals surface area contributed by atoms with Gasteiger partial charge in [0.2, 0.25) is 0 Å². The van der Waals surface area contributed by atoms with Gasteiger partial charge < -0.3 is 14.6 Å². The van der Waals surface area contributed by atoms with Gasteiger partial charge in [-0.2, -0.15) is 0 Å². The normalized spacial score (nSPS) is 16.2. The van der Waals surface area contributed by atoms with Crippen molar-refractivity contribution in [3.63, 3.8) is 0 Å². The van der Waals surface area contributed by atoms with Crippen LogP contribution in [0.4, 0.5) is 0 Å². The first-order valence-electron chi connectivity index (χ1n) is 6.84. The highest BCUT2D eigenvalue weighted by atomic mass is 16.5. The fourth-order valence-corrected chi connectivity index (χ4v) is 2.37. The van der Waals surface area contributed by atoms with E-state index in [1.54, 1.807) is 24.3 Å². The molecule has 0 radical (unpaired) electrons. The van der Waals surface area contributed by atoms with Crippen molar-refractivity contribution in [2.45, 2.75) is 38.2 Å². The minimum atomic E-state index is -0.969. The van der Waals surface area contributed by atoms with E-state index in [1.807, 2.05) is 0 Å².